The van der Waals surface area contributed by atoms with Crippen LogP contribution in [-0.2, 0) is 16.0 Å². The highest BCUT2D eigenvalue weighted by atomic mass is 16.5. The van der Waals surface area contributed by atoms with E-state index in [9.17, 15) is 4.79 Å². The minimum Gasteiger partial charge on any atom is -0.381 e. The van der Waals surface area contributed by atoms with Crippen molar-refractivity contribution in [1.82, 2.24) is 5.32 Å². The number of ether oxygens (including phenoxy) is 1. The first-order valence-electron chi connectivity index (χ1n) is 7.26. The molecule has 0 saturated carbocycles. The second-order valence-electron chi connectivity index (χ2n) is 5.59. The standard InChI is InChI=1S/C16H24N2O2/c1-18(2)15-6-3-13(4-7-15)5-8-16(19)17-11-14-9-10-20-12-14/h3-4,6-7,14H,5,8-12H2,1-2H3,(H,17,19)/t14-/m1/s1. The van der Waals surface area contributed by atoms with Gasteiger partial charge in [-0.1, -0.05) is 12.1 Å². The SMILES string of the molecule is CN(C)c1ccc(CCC(=O)NC[C@H]2CCOC2)cc1. The summed E-state index contributed by atoms with van der Waals surface area (Å²) in [6.07, 6.45) is 2.40. The number of rotatable bonds is 6. The molecule has 0 spiro atoms. The van der Waals surface area contributed by atoms with Gasteiger partial charge >= 0.3 is 0 Å². The lowest BCUT2D eigenvalue weighted by atomic mass is 10.1. The zero-order valence-electron chi connectivity index (χ0n) is 12.4. The molecule has 1 N–H and O–H groups in total. The number of carbonyl (C=O) groups excluding carboxylic acids is 1. The van der Waals surface area contributed by atoms with E-state index in [1.54, 1.807) is 0 Å². The van der Waals surface area contributed by atoms with E-state index >= 15 is 0 Å². The summed E-state index contributed by atoms with van der Waals surface area (Å²) in [4.78, 5) is 13.9. The lowest BCUT2D eigenvalue weighted by Gasteiger charge is -2.13. The van der Waals surface area contributed by atoms with Crippen LogP contribution in [-0.4, -0.2) is 39.8 Å². The molecule has 1 aromatic carbocycles. The predicted octanol–water partition coefficient (Wildman–Crippen LogP) is 1.84. The van der Waals surface area contributed by atoms with Gasteiger partial charge in [0.1, 0.15) is 0 Å². The number of nitrogens with one attached hydrogen (secondary N) is 1. The van der Waals surface area contributed by atoms with Gasteiger partial charge in [0.25, 0.3) is 0 Å². The third kappa shape index (κ3) is 4.53. The Balaban J connectivity index is 1.69. The van der Waals surface area contributed by atoms with Crippen LogP contribution >= 0.6 is 0 Å². The summed E-state index contributed by atoms with van der Waals surface area (Å²) < 4.78 is 5.29. The first-order chi connectivity index (χ1) is 9.65. The molecule has 1 heterocycles. The van der Waals surface area contributed by atoms with E-state index in [2.05, 4.69) is 34.5 Å². The molecule has 0 aliphatic carbocycles. The molecule has 4 nitrogen and oxygen atoms in total. The van der Waals surface area contributed by atoms with Gasteiger partial charge in [0.05, 0.1) is 6.61 Å². The topological polar surface area (TPSA) is 41.6 Å². The van der Waals surface area contributed by atoms with Crippen molar-refractivity contribution in [3.8, 4) is 0 Å². The molecule has 0 bridgehead atoms. The molecule has 0 aromatic heterocycles. The van der Waals surface area contributed by atoms with E-state index in [0.717, 1.165) is 32.6 Å². The monoisotopic (exact) mass is 276 g/mol. The van der Waals surface area contributed by atoms with Crippen LogP contribution in [0.1, 0.15) is 18.4 Å². The zero-order chi connectivity index (χ0) is 14.4. The maximum absolute atomic E-state index is 11.8. The molecule has 20 heavy (non-hydrogen) atoms. The van der Waals surface area contributed by atoms with Crippen LogP contribution in [0, 0.1) is 5.92 Å². The fourth-order valence-corrected chi connectivity index (χ4v) is 2.31. The molecule has 1 aromatic rings. The van der Waals surface area contributed by atoms with Crippen molar-refractivity contribution < 1.29 is 9.53 Å². The molecule has 2 rings (SSSR count). The lowest BCUT2D eigenvalue weighted by molar-refractivity contribution is -0.121. The fourth-order valence-electron chi connectivity index (χ4n) is 2.31. The van der Waals surface area contributed by atoms with Crippen molar-refractivity contribution in [2.45, 2.75) is 19.3 Å². The van der Waals surface area contributed by atoms with Crippen LogP contribution in [0.5, 0.6) is 0 Å². The van der Waals surface area contributed by atoms with Gasteiger partial charge in [-0.05, 0) is 30.5 Å². The van der Waals surface area contributed by atoms with Gasteiger partial charge in [0.2, 0.25) is 5.91 Å². The van der Waals surface area contributed by atoms with Crippen molar-refractivity contribution in [3.05, 3.63) is 29.8 Å². The summed E-state index contributed by atoms with van der Waals surface area (Å²) in [5, 5.41) is 3.00. The van der Waals surface area contributed by atoms with Gasteiger partial charge in [-0.3, -0.25) is 4.79 Å². The largest absolute Gasteiger partial charge is 0.381 e. The van der Waals surface area contributed by atoms with Crippen LogP contribution in [0.15, 0.2) is 24.3 Å². The van der Waals surface area contributed by atoms with E-state index in [-0.39, 0.29) is 5.91 Å². The maximum Gasteiger partial charge on any atom is 0.220 e. The fraction of sp³-hybridized carbons (Fsp3) is 0.562. The van der Waals surface area contributed by atoms with E-state index in [0.29, 0.717) is 12.3 Å². The molecule has 0 radical (unpaired) electrons. The van der Waals surface area contributed by atoms with Gasteiger partial charge in [0.15, 0.2) is 0 Å². The van der Waals surface area contributed by atoms with Crippen LogP contribution in [0.4, 0.5) is 5.69 Å². The summed E-state index contributed by atoms with van der Waals surface area (Å²) in [6, 6.07) is 8.35. The minimum absolute atomic E-state index is 0.133. The molecule has 1 saturated heterocycles. The Hall–Kier alpha value is -1.55. The molecule has 1 fully saturated rings. The lowest BCUT2D eigenvalue weighted by Crippen LogP contribution is -2.29. The molecule has 0 unspecified atom stereocenters. The summed E-state index contributed by atoms with van der Waals surface area (Å²) in [5.74, 6) is 0.631. The molecule has 1 atom stereocenters. The van der Waals surface area contributed by atoms with Crippen LogP contribution in [0.25, 0.3) is 0 Å². The normalized spacial score (nSPS) is 18.0. The number of hydrogen-bond acceptors (Lipinski definition) is 3. The molecular formula is C16H24N2O2. The summed E-state index contributed by atoms with van der Waals surface area (Å²) in [7, 11) is 4.05. The van der Waals surface area contributed by atoms with Crippen LogP contribution < -0.4 is 10.2 Å². The third-order valence-electron chi connectivity index (χ3n) is 3.71. The van der Waals surface area contributed by atoms with Gasteiger partial charge in [-0.2, -0.15) is 0 Å². The van der Waals surface area contributed by atoms with E-state index in [1.165, 1.54) is 11.3 Å². The van der Waals surface area contributed by atoms with Crippen molar-refractivity contribution in [3.63, 3.8) is 0 Å². The summed E-state index contributed by atoms with van der Waals surface area (Å²) in [5.41, 5.74) is 2.38. The van der Waals surface area contributed by atoms with Crippen molar-refractivity contribution in [2.24, 2.45) is 5.92 Å². The number of nitrogens with zero attached hydrogens (tertiary/aromatic N) is 1. The highest BCUT2D eigenvalue weighted by Gasteiger charge is 2.16. The number of benzene rings is 1. The predicted molar refractivity (Wildman–Crippen MR) is 81.0 cm³/mol. The Bertz CT molecular complexity index is 423. The van der Waals surface area contributed by atoms with Crippen LogP contribution in [0.2, 0.25) is 0 Å². The number of aryl methyl sites for hydroxylation is 1. The Morgan fingerprint density at radius 1 is 1.35 bits per heavy atom. The average Bonchev–Trinajstić information content (AvgIpc) is 2.96. The number of anilines is 1. The average molecular weight is 276 g/mol. The molecular weight excluding hydrogens is 252 g/mol. The Morgan fingerprint density at radius 2 is 2.10 bits per heavy atom. The Morgan fingerprint density at radius 3 is 2.70 bits per heavy atom. The second-order valence-corrected chi connectivity index (χ2v) is 5.59. The van der Waals surface area contributed by atoms with Gasteiger partial charge in [-0.15, -0.1) is 0 Å². The van der Waals surface area contributed by atoms with E-state index in [4.69, 9.17) is 4.74 Å². The molecule has 1 amide bonds. The second kappa shape index (κ2) is 7.29. The maximum atomic E-state index is 11.8. The smallest absolute Gasteiger partial charge is 0.220 e. The highest BCUT2D eigenvalue weighted by molar-refractivity contribution is 5.76. The van der Waals surface area contributed by atoms with Gasteiger partial charge in [-0.25, -0.2) is 0 Å². The molecule has 1 aliphatic heterocycles. The number of amides is 1. The minimum atomic E-state index is 0.133. The van der Waals surface area contributed by atoms with Crippen molar-refractivity contribution in [2.75, 3.05) is 38.8 Å². The Labute approximate surface area is 121 Å². The van der Waals surface area contributed by atoms with Crippen molar-refractivity contribution >= 4 is 11.6 Å². The number of hydrogen-bond donors (Lipinski definition) is 1. The first-order valence-corrected chi connectivity index (χ1v) is 7.26. The first kappa shape index (κ1) is 14.9. The van der Waals surface area contributed by atoms with Crippen molar-refractivity contribution in [1.29, 1.82) is 0 Å². The molecule has 110 valence electrons. The summed E-state index contributed by atoms with van der Waals surface area (Å²) in [6.45, 7) is 2.36. The quantitative estimate of drug-likeness (QED) is 0.862. The van der Waals surface area contributed by atoms with E-state index < -0.39 is 0 Å². The third-order valence-corrected chi connectivity index (χ3v) is 3.71. The Kier molecular flexibility index (Phi) is 5.41. The van der Waals surface area contributed by atoms with Gasteiger partial charge in [0, 0.05) is 45.3 Å². The molecule has 1 aliphatic rings. The van der Waals surface area contributed by atoms with E-state index in [1.807, 2.05) is 14.1 Å². The van der Waals surface area contributed by atoms with Crippen LogP contribution in [0.3, 0.4) is 0 Å². The summed E-state index contributed by atoms with van der Waals surface area (Å²) >= 11 is 0. The zero-order valence-corrected chi connectivity index (χ0v) is 12.4. The molecule has 4 heteroatoms. The van der Waals surface area contributed by atoms with Gasteiger partial charge < -0.3 is 15.0 Å². The highest BCUT2D eigenvalue weighted by Crippen LogP contribution is 2.14. The number of carbonyl (C=O) groups is 1.